The molecule has 0 radical (unpaired) electrons. The zero-order valence-electron chi connectivity index (χ0n) is 8.36. The molecule has 0 bridgehead atoms. The number of fused-ring (bicyclic) bond motifs is 1. The van der Waals surface area contributed by atoms with Crippen molar-refractivity contribution in [2.45, 2.75) is 6.92 Å². The molecule has 14 heavy (non-hydrogen) atoms. The lowest BCUT2D eigenvalue weighted by Gasteiger charge is -2.03. The highest BCUT2D eigenvalue weighted by molar-refractivity contribution is 6.08. The molecule has 2 heteroatoms. The van der Waals surface area contributed by atoms with Gasteiger partial charge in [0.15, 0.2) is 0 Å². The number of benzene rings is 1. The van der Waals surface area contributed by atoms with Gasteiger partial charge in [-0.15, -0.1) is 0 Å². The lowest BCUT2D eigenvalue weighted by Crippen LogP contribution is -1.96. The van der Waals surface area contributed by atoms with Gasteiger partial charge in [0.1, 0.15) is 0 Å². The molecule has 0 aliphatic rings. The third-order valence-corrected chi connectivity index (χ3v) is 2.36. The average Bonchev–Trinajstić information content (AvgIpc) is 2.27. The van der Waals surface area contributed by atoms with E-state index in [2.05, 4.69) is 28.2 Å². The van der Waals surface area contributed by atoms with Crippen LogP contribution in [0, 0.1) is 0 Å². The van der Waals surface area contributed by atoms with Crippen LogP contribution in [0.4, 0.5) is 0 Å². The van der Waals surface area contributed by atoms with Crippen molar-refractivity contribution in [3.8, 4) is 0 Å². The Morgan fingerprint density at radius 1 is 1.21 bits per heavy atom. The Morgan fingerprint density at radius 2 is 2.00 bits per heavy atom. The molecular weight excluding hydrogens is 172 g/mol. The summed E-state index contributed by atoms with van der Waals surface area (Å²) in [6.45, 7) is 2.00. The largest absolute Gasteiger partial charge is 0.293 e. The van der Waals surface area contributed by atoms with Gasteiger partial charge >= 0.3 is 0 Å². The summed E-state index contributed by atoms with van der Waals surface area (Å²) in [7, 11) is 1.80. The van der Waals surface area contributed by atoms with Gasteiger partial charge in [-0.25, -0.2) is 0 Å². The van der Waals surface area contributed by atoms with Crippen LogP contribution < -0.4 is 0 Å². The molecule has 0 fully saturated rings. The molecule has 0 saturated heterocycles. The van der Waals surface area contributed by atoms with E-state index in [4.69, 9.17) is 0 Å². The fraction of sp³-hybridized carbons (Fsp3) is 0.167. The van der Waals surface area contributed by atoms with Crippen molar-refractivity contribution >= 4 is 16.6 Å². The molecule has 1 heterocycles. The second-order valence-electron chi connectivity index (χ2n) is 3.19. The van der Waals surface area contributed by atoms with Gasteiger partial charge in [0, 0.05) is 29.9 Å². The minimum absolute atomic E-state index is 1.02. The predicted octanol–water partition coefficient (Wildman–Crippen LogP) is 2.67. The molecule has 0 aliphatic heterocycles. The molecule has 0 unspecified atom stereocenters. The molecular formula is C12H12N2. The fourth-order valence-electron chi connectivity index (χ4n) is 1.52. The smallest absolute Gasteiger partial charge is 0.0792 e. The third-order valence-electron chi connectivity index (χ3n) is 2.36. The summed E-state index contributed by atoms with van der Waals surface area (Å²) in [5, 5.41) is 1.16. The third kappa shape index (κ3) is 1.39. The summed E-state index contributed by atoms with van der Waals surface area (Å²) < 4.78 is 0. The van der Waals surface area contributed by atoms with Gasteiger partial charge in [0.2, 0.25) is 0 Å². The first kappa shape index (κ1) is 8.88. The number of hydrogen-bond donors (Lipinski definition) is 0. The molecule has 1 aromatic carbocycles. The van der Waals surface area contributed by atoms with E-state index in [1.54, 1.807) is 7.05 Å². The molecule has 0 amide bonds. The summed E-state index contributed by atoms with van der Waals surface area (Å²) >= 11 is 0. The van der Waals surface area contributed by atoms with E-state index in [-0.39, 0.29) is 0 Å². The van der Waals surface area contributed by atoms with Crippen LogP contribution >= 0.6 is 0 Å². The minimum Gasteiger partial charge on any atom is -0.293 e. The highest BCUT2D eigenvalue weighted by Crippen LogP contribution is 2.16. The van der Waals surface area contributed by atoms with Gasteiger partial charge in [0.05, 0.1) is 5.52 Å². The van der Waals surface area contributed by atoms with Crippen molar-refractivity contribution in [3.05, 3.63) is 42.1 Å². The van der Waals surface area contributed by atoms with Crippen LogP contribution in [0.15, 0.2) is 41.5 Å². The molecule has 2 rings (SSSR count). The van der Waals surface area contributed by atoms with Gasteiger partial charge in [-0.3, -0.25) is 9.98 Å². The van der Waals surface area contributed by atoms with Crippen molar-refractivity contribution in [3.63, 3.8) is 0 Å². The van der Waals surface area contributed by atoms with E-state index in [1.165, 1.54) is 0 Å². The molecule has 2 nitrogen and oxygen atoms in total. The van der Waals surface area contributed by atoms with Gasteiger partial charge in [-0.1, -0.05) is 24.3 Å². The lowest BCUT2D eigenvalue weighted by atomic mass is 10.1. The molecule has 0 N–H and O–H groups in total. The molecule has 0 aliphatic carbocycles. The van der Waals surface area contributed by atoms with Gasteiger partial charge in [-0.2, -0.15) is 0 Å². The normalized spacial score (nSPS) is 12.0. The van der Waals surface area contributed by atoms with Crippen LogP contribution in [-0.2, 0) is 0 Å². The summed E-state index contributed by atoms with van der Waals surface area (Å²) in [5.41, 5.74) is 3.16. The van der Waals surface area contributed by atoms with E-state index >= 15 is 0 Å². The van der Waals surface area contributed by atoms with E-state index in [0.29, 0.717) is 0 Å². The van der Waals surface area contributed by atoms with Crippen molar-refractivity contribution in [1.29, 1.82) is 0 Å². The van der Waals surface area contributed by atoms with Crippen LogP contribution in [0.5, 0.6) is 0 Å². The molecule has 0 saturated carbocycles. The first-order valence-electron chi connectivity index (χ1n) is 4.60. The standard InChI is InChI=1S/C12H12N2/c1-9(13-2)11-7-3-5-10-6-4-8-14-12(10)11/h3-8H,1-2H3. The Kier molecular flexibility index (Phi) is 2.27. The predicted molar refractivity (Wildman–Crippen MR) is 59.9 cm³/mol. The lowest BCUT2D eigenvalue weighted by molar-refractivity contribution is 1.38. The van der Waals surface area contributed by atoms with E-state index in [9.17, 15) is 0 Å². The van der Waals surface area contributed by atoms with E-state index in [0.717, 1.165) is 22.2 Å². The highest BCUT2D eigenvalue weighted by Gasteiger charge is 2.02. The molecule has 2 aromatic rings. The molecule has 0 atom stereocenters. The number of pyridine rings is 1. The zero-order valence-corrected chi connectivity index (χ0v) is 8.36. The van der Waals surface area contributed by atoms with E-state index in [1.807, 2.05) is 25.3 Å². The maximum absolute atomic E-state index is 4.37. The van der Waals surface area contributed by atoms with Crippen molar-refractivity contribution < 1.29 is 0 Å². The van der Waals surface area contributed by atoms with Crippen LogP contribution in [-0.4, -0.2) is 17.7 Å². The fourth-order valence-corrected chi connectivity index (χ4v) is 1.52. The number of nitrogens with zero attached hydrogens (tertiary/aromatic N) is 2. The summed E-state index contributed by atoms with van der Waals surface area (Å²) in [6, 6.07) is 10.2. The summed E-state index contributed by atoms with van der Waals surface area (Å²) in [4.78, 5) is 8.55. The summed E-state index contributed by atoms with van der Waals surface area (Å²) in [5.74, 6) is 0. The number of aromatic nitrogens is 1. The number of hydrogen-bond acceptors (Lipinski definition) is 2. The van der Waals surface area contributed by atoms with Crippen molar-refractivity contribution in [2.24, 2.45) is 4.99 Å². The molecule has 70 valence electrons. The first-order valence-corrected chi connectivity index (χ1v) is 4.60. The Balaban J connectivity index is 2.77. The average molecular weight is 184 g/mol. The maximum atomic E-state index is 4.37. The topological polar surface area (TPSA) is 25.2 Å². The van der Waals surface area contributed by atoms with Crippen molar-refractivity contribution in [1.82, 2.24) is 4.98 Å². The monoisotopic (exact) mass is 184 g/mol. The van der Waals surface area contributed by atoms with Crippen LogP contribution in [0.2, 0.25) is 0 Å². The zero-order chi connectivity index (χ0) is 9.97. The van der Waals surface area contributed by atoms with Crippen LogP contribution in [0.1, 0.15) is 12.5 Å². The minimum atomic E-state index is 1.02. The second kappa shape index (κ2) is 3.58. The van der Waals surface area contributed by atoms with E-state index < -0.39 is 0 Å². The van der Waals surface area contributed by atoms with Gasteiger partial charge in [-0.05, 0) is 13.0 Å². The number of para-hydroxylation sites is 1. The van der Waals surface area contributed by atoms with Crippen LogP contribution in [0.3, 0.4) is 0 Å². The first-order chi connectivity index (χ1) is 6.83. The Labute approximate surface area is 83.3 Å². The SMILES string of the molecule is CN=C(C)c1cccc2cccnc12. The molecule has 0 spiro atoms. The molecule has 1 aromatic heterocycles. The number of rotatable bonds is 1. The maximum Gasteiger partial charge on any atom is 0.0792 e. The highest BCUT2D eigenvalue weighted by atomic mass is 14.7. The van der Waals surface area contributed by atoms with Crippen molar-refractivity contribution in [2.75, 3.05) is 7.05 Å². The number of aliphatic imine (C=N–C) groups is 1. The van der Waals surface area contributed by atoms with Gasteiger partial charge < -0.3 is 0 Å². The van der Waals surface area contributed by atoms with Gasteiger partial charge in [0.25, 0.3) is 0 Å². The summed E-state index contributed by atoms with van der Waals surface area (Å²) in [6.07, 6.45) is 1.81. The Hall–Kier alpha value is -1.70. The Bertz CT molecular complexity index is 481. The van der Waals surface area contributed by atoms with Crippen LogP contribution in [0.25, 0.3) is 10.9 Å². The Morgan fingerprint density at radius 3 is 2.79 bits per heavy atom. The quantitative estimate of drug-likeness (QED) is 0.625. The second-order valence-corrected chi connectivity index (χ2v) is 3.19.